The molecule has 0 aromatic carbocycles. The molecule has 0 amide bonds. The molecule has 0 aliphatic heterocycles. The summed E-state index contributed by atoms with van der Waals surface area (Å²) in [7, 11) is 0. The number of nitrogen functional groups attached to an aromatic ring is 1. The van der Waals surface area contributed by atoms with Crippen LogP contribution in [0.1, 0.15) is 37.7 Å². The first-order chi connectivity index (χ1) is 8.74. The fourth-order valence-electron chi connectivity index (χ4n) is 2.94. The Balaban J connectivity index is 1.92. The van der Waals surface area contributed by atoms with Crippen LogP contribution in [-0.4, -0.2) is 14.5 Å². The normalized spacial score (nSPS) is 17.4. The van der Waals surface area contributed by atoms with E-state index in [1.807, 2.05) is 13.1 Å². The van der Waals surface area contributed by atoms with Gasteiger partial charge in [0.2, 0.25) is 5.95 Å². The van der Waals surface area contributed by atoms with Crippen LogP contribution in [0.15, 0.2) is 12.3 Å². The summed E-state index contributed by atoms with van der Waals surface area (Å²) in [6, 6.07) is 2.05. The van der Waals surface area contributed by atoms with Crippen LogP contribution < -0.4 is 5.73 Å². The Hall–Kier alpha value is -1.58. The van der Waals surface area contributed by atoms with Crippen LogP contribution in [0.3, 0.4) is 0 Å². The van der Waals surface area contributed by atoms with E-state index >= 15 is 0 Å². The van der Waals surface area contributed by atoms with E-state index in [4.69, 9.17) is 5.73 Å². The summed E-state index contributed by atoms with van der Waals surface area (Å²) in [5.74, 6) is 1.34. The summed E-state index contributed by atoms with van der Waals surface area (Å²) in [5, 5.41) is 0. The molecule has 18 heavy (non-hydrogen) atoms. The van der Waals surface area contributed by atoms with Gasteiger partial charge in [0.1, 0.15) is 5.52 Å². The smallest absolute Gasteiger partial charge is 0.202 e. The zero-order valence-corrected chi connectivity index (χ0v) is 10.9. The molecule has 1 aliphatic rings. The van der Waals surface area contributed by atoms with Crippen LogP contribution >= 0.6 is 0 Å². The highest BCUT2D eigenvalue weighted by Gasteiger charge is 2.17. The van der Waals surface area contributed by atoms with Gasteiger partial charge in [0, 0.05) is 12.7 Å². The molecule has 4 nitrogen and oxygen atoms in total. The Morgan fingerprint density at radius 2 is 2.11 bits per heavy atom. The number of fused-ring (bicyclic) bond motifs is 1. The van der Waals surface area contributed by atoms with Gasteiger partial charge in [0.25, 0.3) is 0 Å². The zero-order valence-electron chi connectivity index (χ0n) is 10.9. The molecule has 1 saturated carbocycles. The van der Waals surface area contributed by atoms with Crippen molar-refractivity contribution in [1.82, 2.24) is 14.5 Å². The molecule has 1 fully saturated rings. The molecule has 0 unspecified atom stereocenters. The molecule has 1 aliphatic carbocycles. The third kappa shape index (κ3) is 2.07. The number of nitrogens with two attached hydrogens (primary N) is 1. The van der Waals surface area contributed by atoms with Crippen molar-refractivity contribution in [3.8, 4) is 0 Å². The molecule has 0 bridgehead atoms. The number of pyridine rings is 1. The minimum Gasteiger partial charge on any atom is -0.369 e. The van der Waals surface area contributed by atoms with Gasteiger partial charge >= 0.3 is 0 Å². The number of hydrogen-bond donors (Lipinski definition) is 1. The summed E-state index contributed by atoms with van der Waals surface area (Å²) in [5.41, 5.74) is 9.02. The molecule has 0 saturated heterocycles. The molecule has 2 aromatic rings. The summed E-state index contributed by atoms with van der Waals surface area (Å²) < 4.78 is 2.09. The monoisotopic (exact) mass is 244 g/mol. The quantitative estimate of drug-likeness (QED) is 0.883. The highest BCUT2D eigenvalue weighted by atomic mass is 15.2. The van der Waals surface area contributed by atoms with Crippen LogP contribution in [0.5, 0.6) is 0 Å². The topological polar surface area (TPSA) is 56.7 Å². The fourth-order valence-corrected chi connectivity index (χ4v) is 2.94. The predicted molar refractivity (Wildman–Crippen MR) is 73.3 cm³/mol. The number of rotatable bonds is 2. The average Bonchev–Trinajstić information content (AvgIpc) is 2.66. The van der Waals surface area contributed by atoms with Gasteiger partial charge in [0.05, 0.1) is 0 Å². The molecule has 2 N–H and O–H groups in total. The second-order valence-corrected chi connectivity index (χ2v) is 5.44. The number of hydrogen-bond acceptors (Lipinski definition) is 3. The van der Waals surface area contributed by atoms with Crippen LogP contribution in [0.2, 0.25) is 0 Å². The van der Waals surface area contributed by atoms with E-state index in [1.165, 1.54) is 32.1 Å². The van der Waals surface area contributed by atoms with Gasteiger partial charge in [0.15, 0.2) is 5.65 Å². The third-order valence-corrected chi connectivity index (χ3v) is 3.92. The van der Waals surface area contributed by atoms with Crippen molar-refractivity contribution in [3.05, 3.63) is 17.8 Å². The van der Waals surface area contributed by atoms with E-state index in [0.717, 1.165) is 29.2 Å². The minimum atomic E-state index is 0.605. The summed E-state index contributed by atoms with van der Waals surface area (Å²) >= 11 is 0. The molecule has 2 heterocycles. The fraction of sp³-hybridized carbons (Fsp3) is 0.571. The molecule has 0 radical (unpaired) electrons. The predicted octanol–water partition coefficient (Wildman–Crippen LogP) is 2.90. The van der Waals surface area contributed by atoms with E-state index in [0.29, 0.717) is 5.95 Å². The Kier molecular flexibility index (Phi) is 2.94. The van der Waals surface area contributed by atoms with Gasteiger partial charge in [-0.05, 0) is 37.3 Å². The minimum absolute atomic E-state index is 0.605. The van der Waals surface area contributed by atoms with Crippen molar-refractivity contribution in [2.45, 2.75) is 45.6 Å². The Bertz CT molecular complexity index is 552. The van der Waals surface area contributed by atoms with Crippen molar-refractivity contribution in [2.75, 3.05) is 5.73 Å². The maximum Gasteiger partial charge on any atom is 0.202 e. The number of imidazole rings is 1. The van der Waals surface area contributed by atoms with E-state index in [9.17, 15) is 0 Å². The van der Waals surface area contributed by atoms with E-state index in [-0.39, 0.29) is 0 Å². The molecule has 4 heteroatoms. The Morgan fingerprint density at radius 3 is 2.89 bits per heavy atom. The molecule has 96 valence electrons. The second kappa shape index (κ2) is 4.59. The van der Waals surface area contributed by atoms with Gasteiger partial charge in [-0.25, -0.2) is 9.97 Å². The number of aromatic nitrogens is 3. The molecule has 0 spiro atoms. The van der Waals surface area contributed by atoms with Gasteiger partial charge < -0.3 is 5.73 Å². The van der Waals surface area contributed by atoms with Crippen molar-refractivity contribution in [1.29, 1.82) is 0 Å². The lowest BCUT2D eigenvalue weighted by Crippen LogP contribution is -2.15. The number of nitrogens with zero attached hydrogens (tertiary/aromatic N) is 3. The molecule has 0 atom stereocenters. The van der Waals surface area contributed by atoms with E-state index in [1.54, 1.807) is 0 Å². The van der Waals surface area contributed by atoms with Crippen LogP contribution in [-0.2, 0) is 6.54 Å². The maximum absolute atomic E-state index is 6.03. The lowest BCUT2D eigenvalue weighted by atomic mass is 9.89. The van der Waals surface area contributed by atoms with Crippen molar-refractivity contribution < 1.29 is 0 Å². The molecule has 2 aromatic heterocycles. The molecular formula is C14H20N4. The van der Waals surface area contributed by atoms with Crippen molar-refractivity contribution in [3.63, 3.8) is 0 Å². The largest absolute Gasteiger partial charge is 0.369 e. The molecular weight excluding hydrogens is 224 g/mol. The lowest BCUT2D eigenvalue weighted by Gasteiger charge is -2.22. The number of anilines is 1. The van der Waals surface area contributed by atoms with Crippen molar-refractivity contribution >= 4 is 17.1 Å². The van der Waals surface area contributed by atoms with Crippen LogP contribution in [0.25, 0.3) is 11.2 Å². The summed E-state index contributed by atoms with van der Waals surface area (Å²) in [6.45, 7) is 3.00. The Morgan fingerprint density at radius 1 is 1.33 bits per heavy atom. The zero-order chi connectivity index (χ0) is 12.5. The van der Waals surface area contributed by atoms with Gasteiger partial charge in [-0.1, -0.05) is 19.3 Å². The van der Waals surface area contributed by atoms with Gasteiger partial charge in [-0.15, -0.1) is 0 Å². The lowest BCUT2D eigenvalue weighted by molar-refractivity contribution is 0.323. The SMILES string of the molecule is Cc1cnc2c(c1)nc(N)n2CC1CCCCC1. The number of aryl methyl sites for hydroxylation is 1. The molecule has 3 rings (SSSR count). The van der Waals surface area contributed by atoms with E-state index in [2.05, 4.69) is 20.6 Å². The summed E-state index contributed by atoms with van der Waals surface area (Å²) in [4.78, 5) is 8.91. The van der Waals surface area contributed by atoms with Crippen LogP contribution in [0.4, 0.5) is 5.95 Å². The highest BCUT2D eigenvalue weighted by molar-refractivity contribution is 5.74. The van der Waals surface area contributed by atoms with Crippen molar-refractivity contribution in [2.24, 2.45) is 5.92 Å². The van der Waals surface area contributed by atoms with Crippen LogP contribution in [0, 0.1) is 12.8 Å². The average molecular weight is 244 g/mol. The summed E-state index contributed by atoms with van der Waals surface area (Å²) in [6.07, 6.45) is 8.60. The van der Waals surface area contributed by atoms with Gasteiger partial charge in [-0.3, -0.25) is 4.57 Å². The second-order valence-electron chi connectivity index (χ2n) is 5.44. The highest BCUT2D eigenvalue weighted by Crippen LogP contribution is 2.27. The first-order valence-corrected chi connectivity index (χ1v) is 6.82. The first-order valence-electron chi connectivity index (χ1n) is 6.82. The standard InChI is InChI=1S/C14H20N4/c1-10-7-12-13(16-8-10)18(14(15)17-12)9-11-5-3-2-4-6-11/h7-8,11H,2-6,9H2,1H3,(H2,15,17). The van der Waals surface area contributed by atoms with Gasteiger partial charge in [-0.2, -0.15) is 0 Å². The first kappa shape index (κ1) is 11.5. The third-order valence-electron chi connectivity index (χ3n) is 3.92. The Labute approximate surface area is 107 Å². The van der Waals surface area contributed by atoms with E-state index < -0.39 is 0 Å². The maximum atomic E-state index is 6.03.